The second-order valence-electron chi connectivity index (χ2n) is 9.60. The van der Waals surface area contributed by atoms with Crippen molar-refractivity contribution in [1.29, 1.82) is 0 Å². The number of hydrogen-bond donors (Lipinski definition) is 4. The third-order valence-electron chi connectivity index (χ3n) is 6.13. The van der Waals surface area contributed by atoms with Crippen LogP contribution in [0.1, 0.15) is 43.0 Å². The number of aliphatic carboxylic acids is 1. The molecule has 0 bridgehead atoms. The molecular formula is C28H29N7O10S2. The number of anilines is 1. The van der Waals surface area contributed by atoms with E-state index in [0.717, 1.165) is 0 Å². The normalized spacial score (nSPS) is 12.4. The standard InChI is InChI=1S/C28H29N7O10S2/c1-2-19(45-35(40)41)16-26(36)44-23-12-8-18(15-21(23)27(37)31-22(28(38)39)11-13-24(29)46)33-32-17-6-9-20(10-7-17)47(42,43)34-25-5-3-4-14-30-25/h3-10,12,14-15,19,22H,2,11,13,16H2,1H3,(H2,29,46)(H,30,34)(H,31,37)(H,38,39). The molecule has 3 rings (SSSR count). The average molecular weight is 688 g/mol. The topological polar surface area (TPSA) is 255 Å². The minimum atomic E-state index is -3.94. The highest BCUT2D eigenvalue weighted by atomic mass is 32.2. The van der Waals surface area contributed by atoms with E-state index in [1.54, 1.807) is 19.1 Å². The monoisotopic (exact) mass is 687 g/mol. The van der Waals surface area contributed by atoms with Gasteiger partial charge in [-0.25, -0.2) is 18.2 Å². The summed E-state index contributed by atoms with van der Waals surface area (Å²) in [7, 11) is -3.94. The zero-order valence-electron chi connectivity index (χ0n) is 24.6. The van der Waals surface area contributed by atoms with E-state index < -0.39 is 51.5 Å². The first-order valence-corrected chi connectivity index (χ1v) is 15.6. The molecule has 17 nitrogen and oxygen atoms in total. The number of benzene rings is 2. The summed E-state index contributed by atoms with van der Waals surface area (Å²) in [6, 6.07) is 12.4. The van der Waals surface area contributed by atoms with Crippen molar-refractivity contribution >= 4 is 62.3 Å². The lowest BCUT2D eigenvalue weighted by atomic mass is 10.1. The zero-order chi connectivity index (χ0) is 34.6. The highest BCUT2D eigenvalue weighted by Crippen LogP contribution is 2.28. The van der Waals surface area contributed by atoms with Gasteiger partial charge in [0, 0.05) is 12.6 Å². The Morgan fingerprint density at radius 3 is 2.38 bits per heavy atom. The van der Waals surface area contributed by atoms with Gasteiger partial charge in [-0.3, -0.25) is 14.3 Å². The number of nitrogens with two attached hydrogens (primary N) is 1. The van der Waals surface area contributed by atoms with Gasteiger partial charge in [0.2, 0.25) is 0 Å². The van der Waals surface area contributed by atoms with Gasteiger partial charge in [0.05, 0.1) is 33.2 Å². The number of aromatic nitrogens is 1. The van der Waals surface area contributed by atoms with Crippen LogP contribution in [0.25, 0.3) is 0 Å². The van der Waals surface area contributed by atoms with Crippen molar-refractivity contribution in [2.45, 2.75) is 49.6 Å². The molecule has 47 heavy (non-hydrogen) atoms. The zero-order valence-corrected chi connectivity index (χ0v) is 26.3. The molecule has 0 spiro atoms. The molecule has 19 heteroatoms. The fourth-order valence-electron chi connectivity index (χ4n) is 3.78. The Balaban J connectivity index is 1.86. The van der Waals surface area contributed by atoms with Gasteiger partial charge in [-0.1, -0.05) is 25.2 Å². The predicted molar refractivity (Wildman–Crippen MR) is 169 cm³/mol. The SMILES string of the molecule is CCC(CC(=O)Oc1ccc(N=Nc2ccc(S(=O)(=O)Nc3ccccn3)cc2)cc1C(=O)NC(CCC(N)=S)C(=O)O)O[N+](=O)[O-]. The van der Waals surface area contributed by atoms with Crippen molar-refractivity contribution < 1.29 is 42.6 Å². The first-order chi connectivity index (χ1) is 22.3. The molecule has 0 aliphatic carbocycles. The van der Waals surface area contributed by atoms with E-state index in [4.69, 9.17) is 22.7 Å². The average Bonchev–Trinajstić information content (AvgIpc) is 3.02. The van der Waals surface area contributed by atoms with Crippen molar-refractivity contribution in [1.82, 2.24) is 10.3 Å². The second kappa shape index (κ2) is 16.7. The number of carbonyl (C=O) groups excluding carboxylic acids is 2. The number of ether oxygens (including phenoxy) is 1. The summed E-state index contributed by atoms with van der Waals surface area (Å²) in [5, 5.41) is 29.7. The third kappa shape index (κ3) is 11.4. The van der Waals surface area contributed by atoms with Gasteiger partial charge < -0.3 is 25.7 Å². The van der Waals surface area contributed by atoms with Crippen LogP contribution < -0.4 is 20.5 Å². The van der Waals surface area contributed by atoms with E-state index in [2.05, 4.69) is 30.1 Å². The number of amides is 1. The summed E-state index contributed by atoms with van der Waals surface area (Å²) in [5.41, 5.74) is 5.47. The van der Waals surface area contributed by atoms with E-state index in [-0.39, 0.29) is 57.7 Å². The Morgan fingerprint density at radius 1 is 1.11 bits per heavy atom. The van der Waals surface area contributed by atoms with Crippen molar-refractivity contribution in [3.05, 3.63) is 82.5 Å². The predicted octanol–water partition coefficient (Wildman–Crippen LogP) is 3.83. The van der Waals surface area contributed by atoms with Gasteiger partial charge >= 0.3 is 11.9 Å². The van der Waals surface area contributed by atoms with E-state index in [1.807, 2.05) is 0 Å². The Hall–Kier alpha value is -5.56. The van der Waals surface area contributed by atoms with Crippen LogP contribution in [0, 0.1) is 10.1 Å². The van der Waals surface area contributed by atoms with E-state index >= 15 is 0 Å². The Kier molecular flexibility index (Phi) is 12.7. The fraction of sp³-hybridized carbons (Fsp3) is 0.250. The molecule has 0 aliphatic rings. The van der Waals surface area contributed by atoms with Crippen LogP contribution in [-0.2, 0) is 24.4 Å². The quantitative estimate of drug-likeness (QED) is 0.0393. The van der Waals surface area contributed by atoms with Crippen LogP contribution in [0.5, 0.6) is 5.75 Å². The van der Waals surface area contributed by atoms with E-state index in [9.17, 15) is 38.0 Å². The number of pyridine rings is 1. The smallest absolute Gasteiger partial charge is 0.326 e. The largest absolute Gasteiger partial charge is 0.480 e. The Bertz CT molecular complexity index is 1750. The molecule has 0 aliphatic heterocycles. The van der Waals surface area contributed by atoms with Crippen LogP contribution in [0.2, 0.25) is 0 Å². The molecule has 5 N–H and O–H groups in total. The molecular weight excluding hydrogens is 658 g/mol. The number of carboxylic acid groups (broad SMARTS) is 1. The lowest BCUT2D eigenvalue weighted by Crippen LogP contribution is -2.41. The molecule has 0 saturated carbocycles. The van der Waals surface area contributed by atoms with Crippen LogP contribution >= 0.6 is 12.2 Å². The van der Waals surface area contributed by atoms with Crippen LogP contribution in [0.3, 0.4) is 0 Å². The summed E-state index contributed by atoms with van der Waals surface area (Å²) in [6.07, 6.45) is -0.173. The molecule has 2 unspecified atom stereocenters. The molecule has 3 aromatic rings. The highest BCUT2D eigenvalue weighted by Gasteiger charge is 2.25. The lowest BCUT2D eigenvalue weighted by Gasteiger charge is -2.17. The molecule has 248 valence electrons. The maximum Gasteiger partial charge on any atom is 0.326 e. The molecule has 2 atom stereocenters. The van der Waals surface area contributed by atoms with Gasteiger partial charge in [0.25, 0.3) is 21.0 Å². The van der Waals surface area contributed by atoms with Gasteiger partial charge in [-0.15, -0.1) is 10.1 Å². The molecule has 1 amide bonds. The number of azo groups is 1. The maximum atomic E-state index is 13.2. The van der Waals surface area contributed by atoms with Gasteiger partial charge in [-0.05, 0) is 67.4 Å². The van der Waals surface area contributed by atoms with Crippen LogP contribution in [0.15, 0.2) is 82.0 Å². The number of thiocarbonyl (C=S) groups is 1. The molecule has 0 saturated heterocycles. The third-order valence-corrected chi connectivity index (χ3v) is 7.71. The summed E-state index contributed by atoms with van der Waals surface area (Å²) in [4.78, 5) is 56.6. The first kappa shape index (κ1) is 35.9. The second-order valence-corrected chi connectivity index (χ2v) is 11.8. The Morgan fingerprint density at radius 2 is 1.79 bits per heavy atom. The van der Waals surface area contributed by atoms with Crippen molar-refractivity contribution in [3.63, 3.8) is 0 Å². The minimum absolute atomic E-state index is 0.0246. The summed E-state index contributed by atoms with van der Waals surface area (Å²) < 4.78 is 33.0. The molecule has 0 fully saturated rings. The Labute approximate surface area is 273 Å². The number of carbonyl (C=O) groups is 3. The van der Waals surface area contributed by atoms with Gasteiger partial charge in [-0.2, -0.15) is 10.2 Å². The van der Waals surface area contributed by atoms with Gasteiger partial charge in [0.1, 0.15) is 23.7 Å². The number of esters is 1. The molecule has 2 aromatic carbocycles. The number of nitrogens with one attached hydrogen (secondary N) is 2. The molecule has 0 radical (unpaired) electrons. The number of carboxylic acids is 1. The van der Waals surface area contributed by atoms with Crippen molar-refractivity contribution in [2.24, 2.45) is 16.0 Å². The number of hydrogen-bond acceptors (Lipinski definition) is 13. The van der Waals surface area contributed by atoms with Crippen molar-refractivity contribution in [2.75, 3.05) is 4.72 Å². The first-order valence-electron chi connectivity index (χ1n) is 13.7. The minimum Gasteiger partial charge on any atom is -0.480 e. The number of sulfonamides is 1. The van der Waals surface area contributed by atoms with E-state index in [1.165, 1.54) is 54.7 Å². The van der Waals surface area contributed by atoms with Gasteiger partial charge in [0.15, 0.2) is 0 Å². The van der Waals surface area contributed by atoms with Crippen LogP contribution in [0.4, 0.5) is 17.2 Å². The highest BCUT2D eigenvalue weighted by molar-refractivity contribution is 7.92. The maximum absolute atomic E-state index is 13.2. The fourth-order valence-corrected chi connectivity index (χ4v) is 4.91. The van der Waals surface area contributed by atoms with Crippen molar-refractivity contribution in [3.8, 4) is 5.75 Å². The van der Waals surface area contributed by atoms with E-state index in [0.29, 0.717) is 0 Å². The van der Waals surface area contributed by atoms with Crippen LogP contribution in [-0.4, -0.2) is 58.6 Å². The lowest BCUT2D eigenvalue weighted by molar-refractivity contribution is -0.768. The number of rotatable bonds is 17. The molecule has 1 heterocycles. The molecule has 1 aromatic heterocycles. The number of nitrogens with zero attached hydrogens (tertiary/aromatic N) is 4. The summed E-state index contributed by atoms with van der Waals surface area (Å²) in [5.74, 6) is -3.44. The summed E-state index contributed by atoms with van der Waals surface area (Å²) >= 11 is 4.79. The summed E-state index contributed by atoms with van der Waals surface area (Å²) in [6.45, 7) is 1.56.